The van der Waals surface area contributed by atoms with Crippen LogP contribution in [0.5, 0.6) is 0 Å². The molecule has 0 aliphatic carbocycles. The van der Waals surface area contributed by atoms with E-state index >= 15 is 0 Å². The van der Waals surface area contributed by atoms with Gasteiger partial charge >= 0.3 is 5.97 Å². The van der Waals surface area contributed by atoms with Crippen molar-refractivity contribution in [2.45, 2.75) is 19.8 Å². The number of fused-ring (bicyclic) bond motifs is 1. The predicted molar refractivity (Wildman–Crippen MR) is 110 cm³/mol. The van der Waals surface area contributed by atoms with Gasteiger partial charge in [-0.2, -0.15) is 0 Å². The van der Waals surface area contributed by atoms with Gasteiger partial charge in [-0.15, -0.1) is 0 Å². The van der Waals surface area contributed by atoms with E-state index in [-0.39, 0.29) is 17.8 Å². The Kier molecular flexibility index (Phi) is 5.51. The lowest BCUT2D eigenvalue weighted by molar-refractivity contribution is -0.149. The molecule has 1 amide bonds. The summed E-state index contributed by atoms with van der Waals surface area (Å²) in [7, 11) is 0. The van der Waals surface area contributed by atoms with Crippen molar-refractivity contribution in [3.63, 3.8) is 0 Å². The molecule has 2 aromatic heterocycles. The van der Waals surface area contributed by atoms with Crippen LogP contribution in [-0.2, 0) is 9.53 Å². The molecule has 0 saturated carbocycles. The van der Waals surface area contributed by atoms with Crippen LogP contribution in [0.2, 0.25) is 0 Å². The van der Waals surface area contributed by atoms with E-state index in [9.17, 15) is 9.59 Å². The molecule has 0 unspecified atom stereocenters. The molecule has 1 saturated heterocycles. The Hall–Kier alpha value is -3.28. The number of ether oxygens (including phenoxy) is 1. The van der Waals surface area contributed by atoms with E-state index in [1.807, 2.05) is 54.3 Å². The Bertz CT molecular complexity index is 1030. The minimum atomic E-state index is -0.159. The molecule has 0 atom stereocenters. The summed E-state index contributed by atoms with van der Waals surface area (Å²) < 4.78 is 5.13. The monoisotopic (exact) mass is 389 g/mol. The summed E-state index contributed by atoms with van der Waals surface area (Å²) in [6.45, 7) is 3.28. The van der Waals surface area contributed by atoms with Crippen molar-refractivity contribution in [3.05, 3.63) is 60.4 Å². The largest absolute Gasteiger partial charge is 0.466 e. The number of piperidine rings is 1. The van der Waals surface area contributed by atoms with E-state index in [0.717, 1.165) is 22.2 Å². The van der Waals surface area contributed by atoms with Gasteiger partial charge in [0.2, 0.25) is 0 Å². The van der Waals surface area contributed by atoms with Crippen LogP contribution in [-0.4, -0.2) is 46.4 Å². The molecule has 29 heavy (non-hydrogen) atoms. The summed E-state index contributed by atoms with van der Waals surface area (Å²) in [6.07, 6.45) is 4.71. The summed E-state index contributed by atoms with van der Waals surface area (Å²) in [5.41, 5.74) is 3.00. The molecule has 4 rings (SSSR count). The van der Waals surface area contributed by atoms with Crippen molar-refractivity contribution < 1.29 is 14.3 Å². The first-order valence-corrected chi connectivity index (χ1v) is 9.93. The van der Waals surface area contributed by atoms with E-state index < -0.39 is 0 Å². The Morgan fingerprint density at radius 1 is 1.14 bits per heavy atom. The number of amides is 1. The fraction of sp³-hybridized carbons (Fsp3) is 0.304. The van der Waals surface area contributed by atoms with Crippen LogP contribution in [0.1, 0.15) is 30.1 Å². The predicted octanol–water partition coefficient (Wildman–Crippen LogP) is 3.71. The van der Waals surface area contributed by atoms with Crippen molar-refractivity contribution >= 4 is 22.8 Å². The van der Waals surface area contributed by atoms with Gasteiger partial charge in [0.05, 0.1) is 29.3 Å². The smallest absolute Gasteiger partial charge is 0.309 e. The quantitative estimate of drug-likeness (QED) is 0.636. The van der Waals surface area contributed by atoms with E-state index in [1.165, 1.54) is 0 Å². The number of likely N-dealkylation sites (tertiary alicyclic amines) is 1. The second kappa shape index (κ2) is 8.39. The van der Waals surface area contributed by atoms with Crippen molar-refractivity contribution in [2.75, 3.05) is 19.7 Å². The van der Waals surface area contributed by atoms with Crippen LogP contribution >= 0.6 is 0 Å². The number of hydrogen-bond acceptors (Lipinski definition) is 5. The minimum Gasteiger partial charge on any atom is -0.466 e. The molecule has 1 aliphatic heterocycles. The average molecular weight is 389 g/mol. The third-order valence-electron chi connectivity index (χ3n) is 5.31. The van der Waals surface area contributed by atoms with Gasteiger partial charge in [0.25, 0.3) is 5.91 Å². The Balaban J connectivity index is 1.63. The normalized spacial score (nSPS) is 14.7. The third kappa shape index (κ3) is 3.97. The number of benzene rings is 1. The van der Waals surface area contributed by atoms with Gasteiger partial charge in [0.1, 0.15) is 0 Å². The van der Waals surface area contributed by atoms with Gasteiger partial charge in [-0.25, -0.2) is 4.98 Å². The number of esters is 1. The lowest BCUT2D eigenvalue weighted by atomic mass is 9.96. The van der Waals surface area contributed by atoms with Gasteiger partial charge in [0, 0.05) is 36.4 Å². The van der Waals surface area contributed by atoms with Gasteiger partial charge in [-0.3, -0.25) is 14.6 Å². The number of aromatic nitrogens is 2. The minimum absolute atomic E-state index is 0.0314. The van der Waals surface area contributed by atoms with Crippen LogP contribution in [0.3, 0.4) is 0 Å². The average Bonchev–Trinajstić information content (AvgIpc) is 2.78. The molecular weight excluding hydrogens is 366 g/mol. The number of nitrogens with zero attached hydrogens (tertiary/aromatic N) is 3. The van der Waals surface area contributed by atoms with Crippen molar-refractivity contribution in [1.82, 2.24) is 14.9 Å². The molecule has 3 heterocycles. The second-order valence-corrected chi connectivity index (χ2v) is 7.13. The number of pyridine rings is 2. The summed E-state index contributed by atoms with van der Waals surface area (Å²) >= 11 is 0. The van der Waals surface area contributed by atoms with Crippen molar-refractivity contribution in [3.8, 4) is 11.3 Å². The zero-order valence-electron chi connectivity index (χ0n) is 16.4. The lowest BCUT2D eigenvalue weighted by Gasteiger charge is -2.31. The van der Waals surface area contributed by atoms with E-state index in [4.69, 9.17) is 9.72 Å². The first-order chi connectivity index (χ1) is 14.2. The van der Waals surface area contributed by atoms with Gasteiger partial charge in [-0.1, -0.05) is 18.2 Å². The SMILES string of the molecule is CCOC(=O)C1CCN(C(=O)c2cc(-c3cccnc3)nc3ccccc23)CC1. The molecule has 6 heteroatoms. The Labute approximate surface area is 169 Å². The molecule has 0 radical (unpaired) electrons. The molecule has 0 spiro atoms. The Morgan fingerprint density at radius 3 is 2.66 bits per heavy atom. The fourth-order valence-corrected chi connectivity index (χ4v) is 3.76. The summed E-state index contributed by atoms with van der Waals surface area (Å²) in [5, 5.41) is 0.831. The van der Waals surface area contributed by atoms with E-state index in [2.05, 4.69) is 4.98 Å². The van der Waals surface area contributed by atoms with Crippen LogP contribution < -0.4 is 0 Å². The first-order valence-electron chi connectivity index (χ1n) is 9.93. The third-order valence-corrected chi connectivity index (χ3v) is 5.31. The molecule has 148 valence electrons. The zero-order valence-corrected chi connectivity index (χ0v) is 16.4. The highest BCUT2D eigenvalue weighted by atomic mass is 16.5. The number of carbonyl (C=O) groups is 2. The molecule has 3 aromatic rings. The zero-order chi connectivity index (χ0) is 20.2. The maximum absolute atomic E-state index is 13.4. The van der Waals surface area contributed by atoms with Crippen molar-refractivity contribution in [1.29, 1.82) is 0 Å². The number of carbonyl (C=O) groups excluding carboxylic acids is 2. The molecule has 1 aliphatic rings. The highest BCUT2D eigenvalue weighted by Gasteiger charge is 2.29. The number of rotatable bonds is 4. The highest BCUT2D eigenvalue weighted by Crippen LogP contribution is 2.27. The molecule has 1 aromatic carbocycles. The molecule has 6 nitrogen and oxygen atoms in total. The summed E-state index contributed by atoms with van der Waals surface area (Å²) in [6, 6.07) is 13.3. The van der Waals surface area contributed by atoms with Crippen LogP contribution in [0.25, 0.3) is 22.2 Å². The fourth-order valence-electron chi connectivity index (χ4n) is 3.76. The number of hydrogen-bond donors (Lipinski definition) is 0. The maximum Gasteiger partial charge on any atom is 0.309 e. The van der Waals surface area contributed by atoms with Crippen LogP contribution in [0.15, 0.2) is 54.9 Å². The highest BCUT2D eigenvalue weighted by molar-refractivity contribution is 6.07. The molecule has 1 fully saturated rings. The molecule has 0 N–H and O–H groups in total. The van der Waals surface area contributed by atoms with E-state index in [1.54, 1.807) is 12.4 Å². The molecule has 0 bridgehead atoms. The van der Waals surface area contributed by atoms with E-state index in [0.29, 0.717) is 38.1 Å². The van der Waals surface area contributed by atoms with Crippen molar-refractivity contribution in [2.24, 2.45) is 5.92 Å². The van der Waals surface area contributed by atoms with Gasteiger partial charge < -0.3 is 9.64 Å². The van der Waals surface area contributed by atoms with Crippen LogP contribution in [0, 0.1) is 5.92 Å². The second-order valence-electron chi connectivity index (χ2n) is 7.13. The standard InChI is InChI=1S/C23H23N3O3/c1-2-29-23(28)16-9-12-26(13-10-16)22(27)19-14-21(17-6-5-11-24-15-17)25-20-8-4-3-7-18(19)20/h3-8,11,14-16H,2,9-10,12-13H2,1H3. The summed E-state index contributed by atoms with van der Waals surface area (Å²) in [5.74, 6) is -0.317. The number of para-hydroxylation sites is 1. The lowest BCUT2D eigenvalue weighted by Crippen LogP contribution is -2.40. The maximum atomic E-state index is 13.4. The van der Waals surface area contributed by atoms with Crippen LogP contribution in [0.4, 0.5) is 0 Å². The molecular formula is C23H23N3O3. The summed E-state index contributed by atoms with van der Waals surface area (Å²) in [4.78, 5) is 36.1. The van der Waals surface area contributed by atoms with Gasteiger partial charge in [0.15, 0.2) is 0 Å². The first kappa shape index (κ1) is 19.1. The topological polar surface area (TPSA) is 72.4 Å². The van der Waals surface area contributed by atoms with Gasteiger partial charge in [-0.05, 0) is 44.0 Å². The Morgan fingerprint density at radius 2 is 1.93 bits per heavy atom.